The van der Waals surface area contributed by atoms with Crippen molar-refractivity contribution in [1.82, 2.24) is 9.78 Å². The van der Waals surface area contributed by atoms with E-state index >= 15 is 0 Å². The van der Waals surface area contributed by atoms with Gasteiger partial charge < -0.3 is 9.47 Å². The van der Waals surface area contributed by atoms with Gasteiger partial charge in [-0.15, -0.1) is 6.58 Å². The Kier molecular flexibility index (Phi) is 5.99. The van der Waals surface area contributed by atoms with Gasteiger partial charge in [0.2, 0.25) is 0 Å². The lowest BCUT2D eigenvalue weighted by atomic mass is 9.86. The number of carbonyl (C=O) groups is 1. The van der Waals surface area contributed by atoms with Gasteiger partial charge in [0, 0.05) is 5.39 Å². The fourth-order valence-electron chi connectivity index (χ4n) is 4.77. The number of benzene rings is 4. The quantitative estimate of drug-likeness (QED) is 0.204. The van der Waals surface area contributed by atoms with Crippen molar-refractivity contribution >= 4 is 28.3 Å². The zero-order valence-electron chi connectivity index (χ0n) is 20.0. The standard InChI is InChI=1S/C31H23ClN2O3/c1-2-17-34-23-14-13-22(32)26-27(23)30(33-34)28-24(36-18-20-9-5-3-6-10-20)15-16-25(29(28)31(26)35)37-19-21-11-7-4-8-12-21/h2-16H,1,17-19H2. The minimum absolute atomic E-state index is 0.204. The Morgan fingerprint density at radius 2 is 1.38 bits per heavy atom. The Hall–Kier alpha value is -4.35. The normalized spacial score (nSPS) is 11.9. The molecule has 0 saturated carbocycles. The summed E-state index contributed by atoms with van der Waals surface area (Å²) < 4.78 is 14.3. The lowest BCUT2D eigenvalue weighted by molar-refractivity contribution is 0.103. The number of carbonyl (C=O) groups excluding carboxylic acids is 1. The Labute approximate surface area is 219 Å². The molecule has 5 aromatic rings. The van der Waals surface area contributed by atoms with Gasteiger partial charge in [-0.1, -0.05) is 78.3 Å². The molecular weight excluding hydrogens is 484 g/mol. The zero-order valence-corrected chi connectivity index (χ0v) is 20.7. The first kappa shape index (κ1) is 23.1. The summed E-state index contributed by atoms with van der Waals surface area (Å²) in [5.41, 5.74) is 4.95. The Morgan fingerprint density at radius 3 is 1.97 bits per heavy atom. The average Bonchev–Trinajstić information content (AvgIpc) is 3.29. The Bertz CT molecular complexity index is 1640. The molecule has 0 aliphatic heterocycles. The van der Waals surface area contributed by atoms with Crippen LogP contribution in [0.1, 0.15) is 27.0 Å². The predicted octanol–water partition coefficient (Wildman–Crippen LogP) is 7.25. The van der Waals surface area contributed by atoms with E-state index in [1.165, 1.54) is 0 Å². The van der Waals surface area contributed by atoms with Crippen molar-refractivity contribution in [1.29, 1.82) is 0 Å². The summed E-state index contributed by atoms with van der Waals surface area (Å²) in [5.74, 6) is 0.826. The maximum absolute atomic E-state index is 14.1. The van der Waals surface area contributed by atoms with Gasteiger partial charge >= 0.3 is 0 Å². The van der Waals surface area contributed by atoms with Crippen LogP contribution in [-0.4, -0.2) is 15.6 Å². The number of aromatic nitrogens is 2. The summed E-state index contributed by atoms with van der Waals surface area (Å²) in [7, 11) is 0. The SMILES string of the molecule is C=CCn1nc2c3c(c(Cl)ccc31)C(=O)c1c(OCc3ccccc3)ccc(OCc3ccccc3)c1-2. The number of fused-ring (bicyclic) bond motifs is 2. The summed E-state index contributed by atoms with van der Waals surface area (Å²) in [6, 6.07) is 27.0. The molecule has 5 nitrogen and oxygen atoms in total. The topological polar surface area (TPSA) is 53.4 Å². The maximum Gasteiger partial charge on any atom is 0.199 e. The second-order valence-electron chi connectivity index (χ2n) is 8.83. The molecule has 0 unspecified atom stereocenters. The number of nitrogens with zero attached hydrogens (tertiary/aromatic N) is 2. The van der Waals surface area contributed by atoms with E-state index in [0.29, 0.717) is 58.7 Å². The Balaban J connectivity index is 1.53. The molecule has 0 fully saturated rings. The molecule has 6 rings (SSSR count). The van der Waals surface area contributed by atoms with E-state index in [1.807, 2.05) is 77.5 Å². The van der Waals surface area contributed by atoms with Crippen molar-refractivity contribution in [2.24, 2.45) is 0 Å². The van der Waals surface area contributed by atoms with Crippen LogP contribution in [0.3, 0.4) is 0 Å². The van der Waals surface area contributed by atoms with Crippen molar-refractivity contribution < 1.29 is 14.3 Å². The lowest BCUT2D eigenvalue weighted by Gasteiger charge is -2.22. The van der Waals surface area contributed by atoms with Gasteiger partial charge in [0.05, 0.1) is 33.8 Å². The number of hydrogen-bond donors (Lipinski definition) is 0. The molecular formula is C31H23ClN2O3. The number of hydrogen-bond acceptors (Lipinski definition) is 4. The number of ketones is 1. The van der Waals surface area contributed by atoms with Crippen LogP contribution in [-0.2, 0) is 19.8 Å². The molecule has 0 amide bonds. The van der Waals surface area contributed by atoms with Gasteiger partial charge in [-0.3, -0.25) is 9.48 Å². The van der Waals surface area contributed by atoms with Crippen LogP contribution in [0.25, 0.3) is 22.2 Å². The number of rotatable bonds is 8. The van der Waals surface area contributed by atoms with E-state index in [4.69, 9.17) is 26.2 Å². The summed E-state index contributed by atoms with van der Waals surface area (Å²) in [6.07, 6.45) is 1.78. The van der Waals surface area contributed by atoms with Crippen LogP contribution in [0.4, 0.5) is 0 Å². The molecule has 0 saturated heterocycles. The van der Waals surface area contributed by atoms with Gasteiger partial charge in [0.15, 0.2) is 5.78 Å². The molecule has 4 aromatic carbocycles. The minimum Gasteiger partial charge on any atom is -0.488 e. The minimum atomic E-state index is -0.204. The van der Waals surface area contributed by atoms with Crippen molar-refractivity contribution in [2.45, 2.75) is 19.8 Å². The molecule has 1 heterocycles. The highest BCUT2D eigenvalue weighted by Crippen LogP contribution is 2.48. The second-order valence-corrected chi connectivity index (χ2v) is 9.23. The van der Waals surface area contributed by atoms with Crippen LogP contribution in [0.15, 0.2) is 97.6 Å². The van der Waals surface area contributed by atoms with E-state index < -0.39 is 0 Å². The number of allylic oxidation sites excluding steroid dienone is 1. The smallest absolute Gasteiger partial charge is 0.199 e. The molecule has 182 valence electrons. The highest BCUT2D eigenvalue weighted by Gasteiger charge is 2.35. The molecule has 1 aromatic heterocycles. The fraction of sp³-hybridized carbons (Fsp3) is 0.0968. The number of halogens is 1. The summed E-state index contributed by atoms with van der Waals surface area (Å²) in [6.45, 7) is 5.03. The van der Waals surface area contributed by atoms with Gasteiger partial charge in [-0.05, 0) is 35.4 Å². The highest BCUT2D eigenvalue weighted by molar-refractivity contribution is 6.39. The maximum atomic E-state index is 14.1. The summed E-state index contributed by atoms with van der Waals surface area (Å²) in [5, 5.41) is 6.00. The zero-order chi connectivity index (χ0) is 25.4. The van der Waals surface area contributed by atoms with Crippen molar-refractivity contribution in [3.63, 3.8) is 0 Å². The van der Waals surface area contributed by atoms with Gasteiger partial charge in [-0.25, -0.2) is 0 Å². The second kappa shape index (κ2) is 9.60. The van der Waals surface area contributed by atoms with Crippen molar-refractivity contribution in [2.75, 3.05) is 0 Å². The third-order valence-corrected chi connectivity index (χ3v) is 6.78. The van der Waals surface area contributed by atoms with Crippen molar-refractivity contribution in [3.8, 4) is 22.8 Å². The monoisotopic (exact) mass is 506 g/mol. The molecule has 0 atom stereocenters. The van der Waals surface area contributed by atoms with E-state index in [0.717, 1.165) is 22.0 Å². The van der Waals surface area contributed by atoms with Crippen LogP contribution < -0.4 is 9.47 Å². The molecule has 37 heavy (non-hydrogen) atoms. The molecule has 1 aliphatic carbocycles. The van der Waals surface area contributed by atoms with E-state index in [-0.39, 0.29) is 5.78 Å². The van der Waals surface area contributed by atoms with Crippen LogP contribution in [0.2, 0.25) is 5.02 Å². The van der Waals surface area contributed by atoms with Gasteiger partial charge in [-0.2, -0.15) is 5.10 Å². The summed E-state index contributed by atoms with van der Waals surface area (Å²) >= 11 is 6.61. The van der Waals surface area contributed by atoms with Gasteiger partial charge in [0.1, 0.15) is 30.4 Å². The van der Waals surface area contributed by atoms with Crippen LogP contribution in [0.5, 0.6) is 11.5 Å². The largest absolute Gasteiger partial charge is 0.488 e. The van der Waals surface area contributed by atoms with E-state index in [2.05, 4.69) is 6.58 Å². The van der Waals surface area contributed by atoms with E-state index in [9.17, 15) is 4.79 Å². The van der Waals surface area contributed by atoms with E-state index in [1.54, 1.807) is 18.2 Å². The molecule has 0 N–H and O–H groups in total. The fourth-order valence-corrected chi connectivity index (χ4v) is 5.01. The van der Waals surface area contributed by atoms with Crippen LogP contribution in [0, 0.1) is 0 Å². The highest BCUT2D eigenvalue weighted by atomic mass is 35.5. The first-order chi connectivity index (χ1) is 18.2. The van der Waals surface area contributed by atoms with Gasteiger partial charge in [0.25, 0.3) is 0 Å². The Morgan fingerprint density at radius 1 is 0.784 bits per heavy atom. The first-order valence-electron chi connectivity index (χ1n) is 12.0. The molecule has 0 radical (unpaired) electrons. The molecule has 0 spiro atoms. The lowest BCUT2D eigenvalue weighted by Crippen LogP contribution is -2.14. The van der Waals surface area contributed by atoms with Crippen LogP contribution >= 0.6 is 11.6 Å². The third-order valence-electron chi connectivity index (χ3n) is 6.46. The average molecular weight is 507 g/mol. The summed E-state index contributed by atoms with van der Waals surface area (Å²) in [4.78, 5) is 14.1. The molecule has 1 aliphatic rings. The van der Waals surface area contributed by atoms with Crippen molar-refractivity contribution in [3.05, 3.63) is 125 Å². The third kappa shape index (κ3) is 4.07. The predicted molar refractivity (Wildman–Crippen MR) is 145 cm³/mol. The molecule has 6 heteroatoms. The first-order valence-corrected chi connectivity index (χ1v) is 12.4. The number of ether oxygens (including phenoxy) is 2. The molecule has 0 bridgehead atoms.